The molecule has 0 aliphatic carbocycles. The summed E-state index contributed by atoms with van der Waals surface area (Å²) in [5, 5.41) is 18.7. The lowest BCUT2D eigenvalue weighted by Gasteiger charge is -2.16. The van der Waals surface area contributed by atoms with Crippen LogP contribution in [0.25, 0.3) is 0 Å². The minimum Gasteiger partial charge on any atom is -0.376 e. The molecule has 19 heavy (non-hydrogen) atoms. The number of nitrogens with one attached hydrogen (secondary N) is 1. The van der Waals surface area contributed by atoms with E-state index in [1.165, 1.54) is 0 Å². The van der Waals surface area contributed by atoms with Crippen LogP contribution in [0.5, 0.6) is 0 Å². The van der Waals surface area contributed by atoms with Crippen molar-refractivity contribution in [1.82, 2.24) is 9.78 Å². The summed E-state index contributed by atoms with van der Waals surface area (Å²) in [6.45, 7) is 4.64. The van der Waals surface area contributed by atoms with E-state index in [-0.39, 0.29) is 22.8 Å². The Hall–Kier alpha value is -1.63. The van der Waals surface area contributed by atoms with E-state index in [4.69, 9.17) is 4.74 Å². The molecule has 106 valence electrons. The Balaban J connectivity index is 2.30. The average molecular weight is 268 g/mol. The molecule has 0 radical (unpaired) electrons. The monoisotopic (exact) mass is 268 g/mol. The third-order valence-electron chi connectivity index (χ3n) is 3.46. The van der Waals surface area contributed by atoms with Gasteiger partial charge in [0.15, 0.2) is 0 Å². The van der Waals surface area contributed by atoms with Gasteiger partial charge in [-0.3, -0.25) is 10.1 Å². The van der Waals surface area contributed by atoms with Crippen molar-refractivity contribution in [3.63, 3.8) is 0 Å². The fourth-order valence-electron chi connectivity index (χ4n) is 2.42. The number of aryl methyl sites for hydroxylation is 2. The lowest BCUT2D eigenvalue weighted by molar-refractivity contribution is -0.384. The molecule has 2 heterocycles. The van der Waals surface area contributed by atoms with E-state index in [0.29, 0.717) is 24.5 Å². The van der Waals surface area contributed by atoms with Gasteiger partial charge in [0.25, 0.3) is 0 Å². The summed E-state index contributed by atoms with van der Waals surface area (Å²) in [6, 6.07) is 0.101. The van der Waals surface area contributed by atoms with E-state index in [1.807, 2.05) is 13.8 Å². The highest BCUT2D eigenvalue weighted by Gasteiger charge is 2.31. The zero-order valence-electron chi connectivity index (χ0n) is 11.5. The molecule has 2 rings (SSSR count). The van der Waals surface area contributed by atoms with Crippen molar-refractivity contribution >= 4 is 11.5 Å². The lowest BCUT2D eigenvalue weighted by atomic mass is 10.1. The fraction of sp³-hybridized carbons (Fsp3) is 0.750. The SMILES string of the molecule is CCCc1nn(C)c(NC2CCOC2C)c1[N+](=O)[O-]. The third kappa shape index (κ3) is 2.70. The van der Waals surface area contributed by atoms with Crippen LogP contribution in [-0.2, 0) is 18.2 Å². The van der Waals surface area contributed by atoms with Crippen LogP contribution >= 0.6 is 0 Å². The van der Waals surface area contributed by atoms with Gasteiger partial charge in [0.2, 0.25) is 5.82 Å². The van der Waals surface area contributed by atoms with E-state index in [9.17, 15) is 10.1 Å². The summed E-state index contributed by atoms with van der Waals surface area (Å²) in [4.78, 5) is 10.9. The number of aromatic nitrogens is 2. The smallest absolute Gasteiger partial charge is 0.334 e. The number of ether oxygens (including phenoxy) is 1. The molecule has 0 aromatic carbocycles. The number of rotatable bonds is 5. The molecule has 2 unspecified atom stereocenters. The topological polar surface area (TPSA) is 82.2 Å². The van der Waals surface area contributed by atoms with Crippen LogP contribution < -0.4 is 5.32 Å². The molecule has 0 saturated carbocycles. The van der Waals surface area contributed by atoms with E-state index in [0.717, 1.165) is 12.8 Å². The van der Waals surface area contributed by atoms with Gasteiger partial charge in [-0.05, 0) is 19.8 Å². The zero-order chi connectivity index (χ0) is 14.0. The Labute approximate surface area is 112 Å². The van der Waals surface area contributed by atoms with Gasteiger partial charge in [-0.2, -0.15) is 5.10 Å². The van der Waals surface area contributed by atoms with Crippen LogP contribution in [0.3, 0.4) is 0 Å². The molecule has 1 N–H and O–H groups in total. The summed E-state index contributed by atoms with van der Waals surface area (Å²) in [7, 11) is 1.73. The minimum atomic E-state index is -0.346. The average Bonchev–Trinajstić information content (AvgIpc) is 2.86. The first kappa shape index (κ1) is 13.8. The largest absolute Gasteiger partial charge is 0.376 e. The van der Waals surface area contributed by atoms with Gasteiger partial charge in [0.1, 0.15) is 5.69 Å². The summed E-state index contributed by atoms with van der Waals surface area (Å²) in [5.41, 5.74) is 0.646. The van der Waals surface area contributed by atoms with Crippen molar-refractivity contribution in [3.8, 4) is 0 Å². The van der Waals surface area contributed by atoms with Crippen molar-refractivity contribution in [2.24, 2.45) is 7.05 Å². The second-order valence-electron chi connectivity index (χ2n) is 4.89. The van der Waals surface area contributed by atoms with Crippen LogP contribution in [0.2, 0.25) is 0 Å². The molecule has 1 aliphatic heterocycles. The molecule has 1 saturated heterocycles. The molecule has 2 atom stereocenters. The normalized spacial score (nSPS) is 22.7. The van der Waals surface area contributed by atoms with Crippen molar-refractivity contribution < 1.29 is 9.66 Å². The van der Waals surface area contributed by atoms with E-state index in [2.05, 4.69) is 10.4 Å². The third-order valence-corrected chi connectivity index (χ3v) is 3.46. The lowest BCUT2D eigenvalue weighted by Crippen LogP contribution is -2.28. The fourth-order valence-corrected chi connectivity index (χ4v) is 2.42. The highest BCUT2D eigenvalue weighted by molar-refractivity contribution is 5.60. The van der Waals surface area contributed by atoms with Gasteiger partial charge < -0.3 is 10.1 Å². The number of nitro groups is 1. The summed E-state index contributed by atoms with van der Waals surface area (Å²) in [5.74, 6) is 0.482. The minimum absolute atomic E-state index is 0.0594. The van der Waals surface area contributed by atoms with E-state index in [1.54, 1.807) is 11.7 Å². The molecular formula is C12H20N4O3. The first-order valence-corrected chi connectivity index (χ1v) is 6.63. The maximum absolute atomic E-state index is 11.3. The van der Waals surface area contributed by atoms with Crippen LogP contribution in [0.15, 0.2) is 0 Å². The summed E-state index contributed by atoms with van der Waals surface area (Å²) < 4.78 is 7.03. The predicted octanol–water partition coefficient (Wildman–Crippen LogP) is 1.87. The van der Waals surface area contributed by atoms with Crippen LogP contribution in [0, 0.1) is 10.1 Å². The first-order chi connectivity index (χ1) is 9.04. The van der Waals surface area contributed by atoms with Crippen LogP contribution in [-0.4, -0.2) is 33.5 Å². The standard InChI is InChI=1S/C12H20N4O3/c1-4-5-10-11(16(17)18)12(15(3)14-10)13-9-6-7-19-8(9)2/h8-9,13H,4-7H2,1-3H3. The Morgan fingerprint density at radius 2 is 2.37 bits per heavy atom. The van der Waals surface area contributed by atoms with Gasteiger partial charge in [-0.1, -0.05) is 13.3 Å². The maximum atomic E-state index is 11.3. The van der Waals surface area contributed by atoms with Crippen molar-refractivity contribution in [3.05, 3.63) is 15.8 Å². The highest BCUT2D eigenvalue weighted by Crippen LogP contribution is 2.31. The Morgan fingerprint density at radius 3 is 2.89 bits per heavy atom. The zero-order valence-corrected chi connectivity index (χ0v) is 11.5. The van der Waals surface area contributed by atoms with Crippen molar-refractivity contribution in [2.45, 2.75) is 45.3 Å². The molecule has 7 heteroatoms. The number of nitrogens with zero attached hydrogens (tertiary/aromatic N) is 3. The summed E-state index contributed by atoms with van der Waals surface area (Å²) in [6.07, 6.45) is 2.36. The molecule has 0 bridgehead atoms. The molecule has 1 fully saturated rings. The molecule has 0 spiro atoms. The molecule has 0 amide bonds. The van der Waals surface area contributed by atoms with Gasteiger partial charge in [0.05, 0.1) is 17.1 Å². The Bertz CT molecular complexity index is 472. The Kier molecular flexibility index (Phi) is 4.04. The molecular weight excluding hydrogens is 248 g/mol. The van der Waals surface area contributed by atoms with E-state index >= 15 is 0 Å². The second kappa shape index (κ2) is 5.56. The quantitative estimate of drug-likeness (QED) is 0.651. The number of hydrogen-bond donors (Lipinski definition) is 1. The highest BCUT2D eigenvalue weighted by atomic mass is 16.6. The molecule has 1 aromatic heterocycles. The van der Waals surface area contributed by atoms with Crippen molar-refractivity contribution in [1.29, 1.82) is 0 Å². The van der Waals surface area contributed by atoms with E-state index < -0.39 is 0 Å². The molecule has 7 nitrogen and oxygen atoms in total. The van der Waals surface area contributed by atoms with Gasteiger partial charge in [-0.15, -0.1) is 0 Å². The number of hydrogen-bond acceptors (Lipinski definition) is 5. The van der Waals surface area contributed by atoms with Crippen LogP contribution in [0.4, 0.5) is 11.5 Å². The number of anilines is 1. The maximum Gasteiger partial charge on any atom is 0.334 e. The van der Waals surface area contributed by atoms with Gasteiger partial charge >= 0.3 is 5.69 Å². The summed E-state index contributed by atoms with van der Waals surface area (Å²) >= 11 is 0. The van der Waals surface area contributed by atoms with Crippen molar-refractivity contribution in [2.75, 3.05) is 11.9 Å². The predicted molar refractivity (Wildman–Crippen MR) is 71.3 cm³/mol. The molecule has 1 aromatic rings. The van der Waals surface area contributed by atoms with Crippen LogP contribution in [0.1, 0.15) is 32.4 Å². The Morgan fingerprint density at radius 1 is 1.63 bits per heavy atom. The first-order valence-electron chi connectivity index (χ1n) is 6.63. The molecule has 1 aliphatic rings. The second-order valence-corrected chi connectivity index (χ2v) is 4.89. The van der Waals surface area contributed by atoms with Gasteiger partial charge in [0, 0.05) is 13.7 Å². The van der Waals surface area contributed by atoms with Gasteiger partial charge in [-0.25, -0.2) is 4.68 Å².